The zero-order chi connectivity index (χ0) is 21.4. The second-order valence-electron chi connectivity index (χ2n) is 8.54. The van der Waals surface area contributed by atoms with Crippen LogP contribution in [-0.4, -0.2) is 64.2 Å². The van der Waals surface area contributed by atoms with E-state index in [1.54, 1.807) is 20.4 Å². The molecule has 0 N–H and O–H groups in total. The molecule has 8 nitrogen and oxygen atoms in total. The first-order valence-electron chi connectivity index (χ1n) is 10.7. The van der Waals surface area contributed by atoms with Crippen LogP contribution in [0.4, 0.5) is 0 Å². The number of pyridine rings is 1. The Morgan fingerprint density at radius 1 is 1.13 bits per heavy atom. The molecule has 162 valence electrons. The van der Waals surface area contributed by atoms with Gasteiger partial charge in [-0.3, -0.25) is 9.78 Å². The zero-order valence-electron chi connectivity index (χ0n) is 17.8. The summed E-state index contributed by atoms with van der Waals surface area (Å²) < 4.78 is 12.9. The minimum absolute atomic E-state index is 0.0511. The van der Waals surface area contributed by atoms with Gasteiger partial charge in [0.15, 0.2) is 0 Å². The van der Waals surface area contributed by atoms with E-state index in [2.05, 4.69) is 15.3 Å². The third-order valence-corrected chi connectivity index (χ3v) is 6.74. The molecule has 1 saturated heterocycles. The van der Waals surface area contributed by atoms with Gasteiger partial charge >= 0.3 is 0 Å². The summed E-state index contributed by atoms with van der Waals surface area (Å²) in [7, 11) is 3.41. The summed E-state index contributed by atoms with van der Waals surface area (Å²) in [4.78, 5) is 19.8. The summed E-state index contributed by atoms with van der Waals surface area (Å²) in [6.45, 7) is 1.96. The first kappa shape index (κ1) is 20.1. The van der Waals surface area contributed by atoms with Gasteiger partial charge < -0.3 is 14.4 Å². The lowest BCUT2D eigenvalue weighted by Gasteiger charge is -2.36. The molecule has 2 aromatic heterocycles. The first-order chi connectivity index (χ1) is 15.2. The number of rotatable bonds is 5. The molecule has 2 fully saturated rings. The Morgan fingerprint density at radius 2 is 1.94 bits per heavy atom. The molecule has 31 heavy (non-hydrogen) atoms. The van der Waals surface area contributed by atoms with Gasteiger partial charge in [-0.15, -0.1) is 5.10 Å². The molecule has 0 unspecified atom stereocenters. The van der Waals surface area contributed by atoms with Crippen LogP contribution >= 0.6 is 0 Å². The van der Waals surface area contributed by atoms with E-state index in [4.69, 9.17) is 9.47 Å². The van der Waals surface area contributed by atoms with E-state index in [1.807, 2.05) is 46.1 Å². The van der Waals surface area contributed by atoms with Crippen molar-refractivity contribution < 1.29 is 14.3 Å². The van der Waals surface area contributed by atoms with Crippen molar-refractivity contribution in [3.8, 4) is 0 Å². The number of fused-ring (bicyclic) bond motifs is 2. The van der Waals surface area contributed by atoms with Gasteiger partial charge in [0.25, 0.3) is 5.91 Å². The highest BCUT2D eigenvalue weighted by Gasteiger charge is 2.44. The molecule has 8 heteroatoms. The number of benzene rings is 1. The van der Waals surface area contributed by atoms with Crippen molar-refractivity contribution in [2.75, 3.05) is 27.3 Å². The number of carbonyl (C=O) groups is 1. The normalized spacial score (nSPS) is 25.7. The van der Waals surface area contributed by atoms with Crippen molar-refractivity contribution >= 4 is 16.8 Å². The van der Waals surface area contributed by atoms with E-state index < -0.39 is 0 Å². The maximum absolute atomic E-state index is 13.4. The Kier molecular flexibility index (Phi) is 5.41. The summed E-state index contributed by atoms with van der Waals surface area (Å²) in [5.41, 5.74) is 2.39. The van der Waals surface area contributed by atoms with Crippen LogP contribution in [0.5, 0.6) is 0 Å². The van der Waals surface area contributed by atoms with Crippen molar-refractivity contribution in [2.45, 2.75) is 31.6 Å². The second kappa shape index (κ2) is 8.36. The number of nitrogens with zero attached hydrogens (tertiary/aromatic N) is 5. The topological polar surface area (TPSA) is 82.4 Å². The van der Waals surface area contributed by atoms with Crippen LogP contribution in [0.1, 0.15) is 34.9 Å². The number of hydrogen-bond acceptors (Lipinski definition) is 6. The zero-order valence-corrected chi connectivity index (χ0v) is 17.8. The molecule has 2 aliphatic rings. The fourth-order valence-corrected chi connectivity index (χ4v) is 5.23. The minimum Gasteiger partial charge on any atom is -0.379 e. The minimum atomic E-state index is 0.0511. The maximum Gasteiger partial charge on any atom is 0.254 e. The number of aromatic nitrogens is 4. The molecule has 1 aliphatic heterocycles. The van der Waals surface area contributed by atoms with Gasteiger partial charge in [-0.2, -0.15) is 0 Å². The summed E-state index contributed by atoms with van der Waals surface area (Å²) in [6.07, 6.45) is 5.54. The molecular formula is C23H27N5O3. The monoisotopic (exact) mass is 421 g/mol. The van der Waals surface area contributed by atoms with E-state index in [0.29, 0.717) is 18.4 Å². The van der Waals surface area contributed by atoms with Crippen LogP contribution in [-0.2, 0) is 16.1 Å². The number of ether oxygens (including phenoxy) is 2. The number of para-hydroxylation sites is 1. The van der Waals surface area contributed by atoms with E-state index in [-0.39, 0.29) is 18.1 Å². The summed E-state index contributed by atoms with van der Waals surface area (Å²) in [5, 5.41) is 9.44. The summed E-state index contributed by atoms with van der Waals surface area (Å²) in [6, 6.07) is 9.76. The van der Waals surface area contributed by atoms with E-state index >= 15 is 0 Å². The van der Waals surface area contributed by atoms with Gasteiger partial charge in [0.1, 0.15) is 5.69 Å². The predicted octanol–water partition coefficient (Wildman–Crippen LogP) is 2.71. The van der Waals surface area contributed by atoms with Gasteiger partial charge in [-0.1, -0.05) is 23.4 Å². The Hall–Kier alpha value is -2.84. The van der Waals surface area contributed by atoms with Crippen LogP contribution in [0.2, 0.25) is 0 Å². The second-order valence-corrected chi connectivity index (χ2v) is 8.54. The predicted molar refractivity (Wildman–Crippen MR) is 114 cm³/mol. The third-order valence-electron chi connectivity index (χ3n) is 6.74. The maximum atomic E-state index is 13.4. The molecule has 1 amide bonds. The highest BCUT2D eigenvalue weighted by Crippen LogP contribution is 2.42. The van der Waals surface area contributed by atoms with E-state index in [0.717, 1.165) is 48.1 Å². The SMILES string of the molecule is COCc1cn([C@@H]2C[C@@H]3CN(C(=O)c4ccnc5ccccc45)C[C@@H]3C[C@H]2OC)nn1. The fraction of sp³-hybridized carbons (Fsp3) is 0.478. The lowest BCUT2D eigenvalue weighted by atomic mass is 9.77. The Bertz CT molecular complexity index is 1080. The van der Waals surface area contributed by atoms with Crippen molar-refractivity contribution in [2.24, 2.45) is 11.8 Å². The summed E-state index contributed by atoms with van der Waals surface area (Å²) in [5.74, 6) is 0.936. The van der Waals surface area contributed by atoms with Crippen molar-refractivity contribution in [1.82, 2.24) is 24.9 Å². The van der Waals surface area contributed by atoms with Crippen LogP contribution in [0.15, 0.2) is 42.7 Å². The lowest BCUT2D eigenvalue weighted by molar-refractivity contribution is -0.00548. The van der Waals surface area contributed by atoms with Crippen LogP contribution in [0.25, 0.3) is 10.9 Å². The molecule has 0 radical (unpaired) electrons. The molecule has 1 aliphatic carbocycles. The van der Waals surface area contributed by atoms with Crippen molar-refractivity contribution in [3.63, 3.8) is 0 Å². The number of hydrogen-bond donors (Lipinski definition) is 0. The Labute approximate surface area is 181 Å². The molecule has 0 spiro atoms. The van der Waals surface area contributed by atoms with Crippen molar-refractivity contribution in [3.05, 3.63) is 54.0 Å². The smallest absolute Gasteiger partial charge is 0.254 e. The van der Waals surface area contributed by atoms with Crippen LogP contribution in [0, 0.1) is 11.8 Å². The van der Waals surface area contributed by atoms with Gasteiger partial charge in [0, 0.05) is 38.9 Å². The average molecular weight is 422 g/mol. The Morgan fingerprint density at radius 3 is 2.74 bits per heavy atom. The molecule has 0 bridgehead atoms. The number of amides is 1. The molecule has 5 rings (SSSR count). The lowest BCUT2D eigenvalue weighted by Crippen LogP contribution is -2.37. The van der Waals surface area contributed by atoms with Gasteiger partial charge in [-0.25, -0.2) is 4.68 Å². The average Bonchev–Trinajstić information content (AvgIpc) is 3.44. The fourth-order valence-electron chi connectivity index (χ4n) is 5.23. The van der Waals surface area contributed by atoms with E-state index in [1.165, 1.54) is 0 Å². The van der Waals surface area contributed by atoms with Crippen molar-refractivity contribution in [1.29, 1.82) is 0 Å². The molecular weight excluding hydrogens is 394 g/mol. The van der Waals surface area contributed by atoms with Gasteiger partial charge in [-0.05, 0) is 36.8 Å². The highest BCUT2D eigenvalue weighted by molar-refractivity contribution is 6.06. The Balaban J connectivity index is 1.35. The number of likely N-dealkylation sites (tertiary alicyclic amines) is 1. The van der Waals surface area contributed by atoms with Crippen LogP contribution in [0.3, 0.4) is 0 Å². The molecule has 1 saturated carbocycles. The molecule has 3 aromatic rings. The van der Waals surface area contributed by atoms with Crippen LogP contribution < -0.4 is 0 Å². The molecule has 3 heterocycles. The highest BCUT2D eigenvalue weighted by atomic mass is 16.5. The molecule has 1 aromatic carbocycles. The largest absolute Gasteiger partial charge is 0.379 e. The quantitative estimate of drug-likeness (QED) is 0.630. The number of carbonyl (C=O) groups excluding carboxylic acids is 1. The standard InChI is InChI=1S/C23H27N5O3/c1-30-14-17-13-28(26-25-17)21-9-15-11-27(12-16(15)10-22(21)31-2)23(29)19-7-8-24-20-6-4-3-5-18(19)20/h3-8,13,15-16,21-22H,9-12,14H2,1-2H3/t15-,16+,21-,22-/m1/s1. The first-order valence-corrected chi connectivity index (χ1v) is 10.7. The summed E-state index contributed by atoms with van der Waals surface area (Å²) >= 11 is 0. The van der Waals surface area contributed by atoms with E-state index in [9.17, 15) is 4.79 Å². The molecule has 4 atom stereocenters. The van der Waals surface area contributed by atoms with Gasteiger partial charge in [0.2, 0.25) is 0 Å². The third kappa shape index (κ3) is 3.70. The number of methoxy groups -OCH3 is 2. The van der Waals surface area contributed by atoms with Gasteiger partial charge in [0.05, 0.1) is 36.0 Å².